The first-order valence-corrected chi connectivity index (χ1v) is 8.16. The van der Waals surface area contributed by atoms with Crippen LogP contribution in [0, 0.1) is 38.2 Å². The molecule has 0 unspecified atom stereocenters. The van der Waals surface area contributed by atoms with Gasteiger partial charge in [-0.05, 0) is 19.3 Å². The van der Waals surface area contributed by atoms with Crippen LogP contribution in [0.1, 0.15) is 38.5 Å². The van der Waals surface area contributed by atoms with Gasteiger partial charge in [-0.15, -0.1) is 0 Å². The average Bonchev–Trinajstić information content (AvgIpc) is 3.30. The Morgan fingerprint density at radius 2 is 0.821 bits per heavy atom. The van der Waals surface area contributed by atoms with Crippen LogP contribution in [0.3, 0.4) is 0 Å². The third-order valence-corrected chi connectivity index (χ3v) is 3.88. The van der Waals surface area contributed by atoms with Gasteiger partial charge in [-0.2, -0.15) is 0 Å². The van der Waals surface area contributed by atoms with E-state index in [2.05, 4.69) is 16.0 Å². The zero-order chi connectivity index (χ0) is 20.6. The second kappa shape index (κ2) is 12.5. The first-order chi connectivity index (χ1) is 12.6. The van der Waals surface area contributed by atoms with Gasteiger partial charge in [-0.25, -0.2) is 14.4 Å². The third-order valence-electron chi connectivity index (χ3n) is 3.88. The minimum absolute atomic E-state index is 0. The SMILES string of the molecule is O=C1CC[C@@H](C(=O)O)N1.O=C1CC[C@@H](C(=O)O)N1.O=C1CC[C@@H](C(=O)O)N1.[Dy]. The van der Waals surface area contributed by atoms with Gasteiger partial charge < -0.3 is 31.3 Å². The summed E-state index contributed by atoms with van der Waals surface area (Å²) in [6.07, 6.45) is 2.31. The molecule has 0 aromatic heterocycles. The zero-order valence-electron chi connectivity index (χ0n) is 14.6. The van der Waals surface area contributed by atoms with Gasteiger partial charge in [0.25, 0.3) is 0 Å². The van der Waals surface area contributed by atoms with Crippen molar-refractivity contribution < 1.29 is 82.3 Å². The molecule has 0 aliphatic carbocycles. The minimum Gasteiger partial charge on any atom is -0.480 e. The third kappa shape index (κ3) is 9.34. The van der Waals surface area contributed by atoms with Crippen LogP contribution >= 0.6 is 0 Å². The van der Waals surface area contributed by atoms with Gasteiger partial charge in [0.1, 0.15) is 18.1 Å². The summed E-state index contributed by atoms with van der Waals surface area (Å²) in [5.74, 6) is -3.32. The van der Waals surface area contributed by atoms with Crippen LogP contribution < -0.4 is 16.0 Å². The molecular formula is C15H21DyN3O9. The molecule has 3 heterocycles. The summed E-state index contributed by atoms with van der Waals surface area (Å²) in [4.78, 5) is 61.5. The Labute approximate surface area is 189 Å². The van der Waals surface area contributed by atoms with Gasteiger partial charge >= 0.3 is 17.9 Å². The Hall–Kier alpha value is -1.91. The van der Waals surface area contributed by atoms with E-state index >= 15 is 0 Å². The molecule has 160 valence electrons. The fraction of sp³-hybridized carbons (Fsp3) is 0.600. The Morgan fingerprint density at radius 1 is 0.607 bits per heavy atom. The number of aliphatic carboxylic acids is 3. The van der Waals surface area contributed by atoms with Crippen LogP contribution in [0.2, 0.25) is 0 Å². The Kier molecular flexibility index (Phi) is 11.7. The van der Waals surface area contributed by atoms with Crippen molar-refractivity contribution in [2.75, 3.05) is 0 Å². The number of carboxylic acids is 3. The number of rotatable bonds is 3. The Balaban J connectivity index is 0.000000384. The number of amides is 3. The number of carbonyl (C=O) groups is 6. The molecule has 3 saturated heterocycles. The summed E-state index contributed by atoms with van der Waals surface area (Å²) >= 11 is 0. The normalized spacial score (nSPS) is 24.9. The number of hydrogen-bond acceptors (Lipinski definition) is 6. The summed E-state index contributed by atoms with van der Waals surface area (Å²) in [6, 6.07) is -1.92. The van der Waals surface area contributed by atoms with E-state index in [1.807, 2.05) is 0 Å². The van der Waals surface area contributed by atoms with Crippen LogP contribution in [0.5, 0.6) is 0 Å². The zero-order valence-corrected chi connectivity index (χ0v) is 16.6. The van der Waals surface area contributed by atoms with Crippen molar-refractivity contribution in [2.24, 2.45) is 0 Å². The maximum atomic E-state index is 10.4. The van der Waals surface area contributed by atoms with Gasteiger partial charge in [0.05, 0.1) is 0 Å². The van der Waals surface area contributed by atoms with E-state index in [1.165, 1.54) is 0 Å². The molecule has 0 spiro atoms. The van der Waals surface area contributed by atoms with Crippen LogP contribution in [0.4, 0.5) is 0 Å². The van der Waals surface area contributed by atoms with Crippen molar-refractivity contribution in [1.29, 1.82) is 0 Å². The van der Waals surface area contributed by atoms with E-state index in [1.54, 1.807) is 0 Å². The molecule has 28 heavy (non-hydrogen) atoms. The number of hydrogen-bond donors (Lipinski definition) is 6. The smallest absolute Gasteiger partial charge is 0.326 e. The Bertz CT molecular complexity index is 555. The molecule has 0 radical (unpaired) electrons. The quantitative estimate of drug-likeness (QED) is 0.231. The van der Waals surface area contributed by atoms with Crippen molar-refractivity contribution in [3.8, 4) is 0 Å². The van der Waals surface area contributed by atoms with E-state index in [4.69, 9.17) is 15.3 Å². The predicted octanol–water partition coefficient (Wildman–Crippen LogP) is -1.95. The van der Waals surface area contributed by atoms with Gasteiger partial charge in [0.15, 0.2) is 0 Å². The summed E-state index contributed by atoms with van der Waals surface area (Å²) in [6.45, 7) is 0. The molecule has 3 aliphatic heterocycles. The monoisotopic (exact) mass is 551 g/mol. The maximum Gasteiger partial charge on any atom is 0.326 e. The van der Waals surface area contributed by atoms with Crippen molar-refractivity contribution in [3.63, 3.8) is 0 Å². The molecule has 3 amide bonds. The van der Waals surface area contributed by atoms with Crippen molar-refractivity contribution in [2.45, 2.75) is 56.7 Å². The average molecular weight is 550 g/mol. The molecule has 12 nitrogen and oxygen atoms in total. The minimum atomic E-state index is -0.944. The molecule has 0 bridgehead atoms. The molecule has 3 aliphatic rings. The van der Waals surface area contributed by atoms with Gasteiger partial charge in [0, 0.05) is 57.4 Å². The van der Waals surface area contributed by atoms with Gasteiger partial charge in [-0.3, -0.25) is 14.4 Å². The van der Waals surface area contributed by atoms with Gasteiger partial charge in [-0.1, -0.05) is 0 Å². The van der Waals surface area contributed by atoms with E-state index in [0.29, 0.717) is 38.5 Å². The molecule has 13 heteroatoms. The Morgan fingerprint density at radius 3 is 0.893 bits per heavy atom. The summed E-state index contributed by atoms with van der Waals surface area (Å²) < 4.78 is 0. The summed E-state index contributed by atoms with van der Waals surface area (Å²) in [5.41, 5.74) is 0. The number of carboxylic acid groups (broad SMARTS) is 3. The van der Waals surface area contributed by atoms with Gasteiger partial charge in [0.2, 0.25) is 17.7 Å². The fourth-order valence-electron chi connectivity index (χ4n) is 2.40. The van der Waals surface area contributed by atoms with Crippen molar-refractivity contribution >= 4 is 35.6 Å². The fourth-order valence-corrected chi connectivity index (χ4v) is 2.40. The van der Waals surface area contributed by atoms with E-state index in [9.17, 15) is 28.8 Å². The standard InChI is InChI=1S/3C5H7NO3.Dy/c3*7-4-2-1-3(6-4)5(8)9;/h3*3H,1-2H2,(H,6,7)(H,8,9);/t3*3-;/m000./s1. The van der Waals surface area contributed by atoms with Crippen molar-refractivity contribution in [3.05, 3.63) is 0 Å². The van der Waals surface area contributed by atoms with Crippen LogP contribution in [0.15, 0.2) is 0 Å². The molecule has 0 saturated carbocycles. The van der Waals surface area contributed by atoms with Crippen molar-refractivity contribution in [1.82, 2.24) is 16.0 Å². The second-order valence-corrected chi connectivity index (χ2v) is 5.99. The molecule has 0 aromatic carbocycles. The maximum absolute atomic E-state index is 10.4. The topological polar surface area (TPSA) is 199 Å². The second-order valence-electron chi connectivity index (χ2n) is 5.99. The summed E-state index contributed by atoms with van der Waals surface area (Å²) in [7, 11) is 0. The predicted molar refractivity (Wildman–Crippen MR) is 86.4 cm³/mol. The van der Waals surface area contributed by atoms with Crippen LogP contribution in [0.25, 0.3) is 0 Å². The first kappa shape index (κ1) is 26.1. The first-order valence-electron chi connectivity index (χ1n) is 8.16. The molecule has 3 fully saturated rings. The number of carbonyl (C=O) groups excluding carboxylic acids is 3. The van der Waals surface area contributed by atoms with Crippen LogP contribution in [-0.2, 0) is 28.8 Å². The number of nitrogens with one attached hydrogen (secondary N) is 3. The molecular weight excluding hydrogens is 529 g/mol. The molecule has 3 rings (SSSR count). The molecule has 3 atom stereocenters. The van der Waals surface area contributed by atoms with E-state index in [0.717, 1.165) is 0 Å². The largest absolute Gasteiger partial charge is 0.480 e. The van der Waals surface area contributed by atoms with Crippen LogP contribution in [-0.4, -0.2) is 69.1 Å². The summed E-state index contributed by atoms with van der Waals surface area (Å²) in [5, 5.41) is 31.9. The van der Waals surface area contributed by atoms with E-state index < -0.39 is 36.0 Å². The molecule has 6 N–H and O–H groups in total. The van der Waals surface area contributed by atoms with E-state index in [-0.39, 0.29) is 55.9 Å². The molecule has 0 aromatic rings.